The quantitative estimate of drug-likeness (QED) is 0.568. The molecule has 0 aliphatic carbocycles. The van der Waals surface area contributed by atoms with E-state index in [0.717, 1.165) is 0 Å². The lowest BCUT2D eigenvalue weighted by atomic mass is 10.1. The highest BCUT2D eigenvalue weighted by atomic mass is 35.5. The minimum absolute atomic E-state index is 0.136. The number of halogens is 2. The number of hydrogen-bond acceptors (Lipinski definition) is 3. The number of carbonyl (C=O) groups is 2. The van der Waals surface area contributed by atoms with Crippen LogP contribution in [0.15, 0.2) is 72.8 Å². The number of amides is 2. The molecule has 3 aromatic carbocycles. The monoisotopic (exact) mass is 383 g/mol. The lowest BCUT2D eigenvalue weighted by Crippen LogP contribution is -2.29. The maximum absolute atomic E-state index is 13.6. The second-order valence-corrected chi connectivity index (χ2v) is 5.98. The molecule has 3 rings (SSSR count). The van der Waals surface area contributed by atoms with Crippen molar-refractivity contribution in [2.24, 2.45) is 0 Å². The van der Waals surface area contributed by atoms with Crippen LogP contribution in [-0.4, -0.2) is 11.8 Å². The number of rotatable bonds is 5. The minimum Gasteiger partial charge on any atom is -0.321 e. The van der Waals surface area contributed by atoms with Crippen molar-refractivity contribution in [1.82, 2.24) is 5.43 Å². The molecule has 0 bridgehead atoms. The summed E-state index contributed by atoms with van der Waals surface area (Å²) in [6, 6.07) is 19.0. The Hall–Kier alpha value is -3.38. The standard InChI is InChI=1S/C20H15ClFN3O2/c21-15-11-10-14(20(27)25-24-17-9-5-4-8-16(17)22)12-18(15)23-19(26)13-6-2-1-3-7-13/h1-12,24H,(H,23,26)(H,25,27). The Kier molecular flexibility index (Phi) is 5.68. The van der Waals surface area contributed by atoms with Gasteiger partial charge in [-0.3, -0.25) is 20.4 Å². The highest BCUT2D eigenvalue weighted by molar-refractivity contribution is 6.34. The van der Waals surface area contributed by atoms with Crippen LogP contribution in [0.3, 0.4) is 0 Å². The number of nitrogens with one attached hydrogen (secondary N) is 3. The van der Waals surface area contributed by atoms with Gasteiger partial charge in [0.05, 0.1) is 16.4 Å². The minimum atomic E-state index is -0.509. The van der Waals surface area contributed by atoms with Gasteiger partial charge in [-0.1, -0.05) is 41.9 Å². The van der Waals surface area contributed by atoms with Crippen molar-refractivity contribution in [3.63, 3.8) is 0 Å². The Morgan fingerprint density at radius 1 is 0.778 bits per heavy atom. The van der Waals surface area contributed by atoms with Crippen LogP contribution in [0.2, 0.25) is 5.02 Å². The van der Waals surface area contributed by atoms with Gasteiger partial charge in [-0.25, -0.2) is 4.39 Å². The zero-order valence-electron chi connectivity index (χ0n) is 14.0. The molecule has 0 aliphatic heterocycles. The highest BCUT2D eigenvalue weighted by Gasteiger charge is 2.12. The third-order valence-electron chi connectivity index (χ3n) is 3.70. The van der Waals surface area contributed by atoms with E-state index in [-0.39, 0.29) is 22.2 Å². The first-order valence-electron chi connectivity index (χ1n) is 8.01. The van der Waals surface area contributed by atoms with Crippen molar-refractivity contribution in [2.75, 3.05) is 10.7 Å². The Morgan fingerprint density at radius 2 is 1.48 bits per heavy atom. The summed E-state index contributed by atoms with van der Waals surface area (Å²) in [5, 5.41) is 2.96. The van der Waals surface area contributed by atoms with Gasteiger partial charge < -0.3 is 5.32 Å². The molecular weight excluding hydrogens is 369 g/mol. The maximum Gasteiger partial charge on any atom is 0.269 e. The molecule has 3 aromatic rings. The van der Waals surface area contributed by atoms with Crippen molar-refractivity contribution in [2.45, 2.75) is 0 Å². The normalized spacial score (nSPS) is 10.1. The summed E-state index contributed by atoms with van der Waals surface area (Å²) in [7, 11) is 0. The first-order valence-corrected chi connectivity index (χ1v) is 8.39. The second kappa shape index (κ2) is 8.33. The molecule has 0 saturated carbocycles. The van der Waals surface area contributed by atoms with Crippen LogP contribution in [0.4, 0.5) is 15.8 Å². The predicted octanol–water partition coefficient (Wildman–Crippen LogP) is 4.49. The SMILES string of the molecule is O=C(NNc1ccccc1F)c1ccc(Cl)c(NC(=O)c2ccccc2)c1. The summed E-state index contributed by atoms with van der Waals surface area (Å²) >= 11 is 6.11. The molecule has 2 amide bonds. The van der Waals surface area contributed by atoms with Crippen LogP contribution in [0.5, 0.6) is 0 Å². The average Bonchev–Trinajstić information content (AvgIpc) is 2.69. The summed E-state index contributed by atoms with van der Waals surface area (Å²) in [5.41, 5.74) is 6.06. The lowest BCUT2D eigenvalue weighted by Gasteiger charge is -2.12. The van der Waals surface area contributed by atoms with Gasteiger partial charge in [-0.05, 0) is 42.5 Å². The number of carbonyl (C=O) groups excluding carboxylic acids is 2. The molecule has 3 N–H and O–H groups in total. The van der Waals surface area contributed by atoms with Crippen molar-refractivity contribution in [1.29, 1.82) is 0 Å². The van der Waals surface area contributed by atoms with E-state index in [1.54, 1.807) is 42.5 Å². The number of hydrazine groups is 1. The van der Waals surface area contributed by atoms with E-state index in [1.807, 2.05) is 0 Å². The molecule has 7 heteroatoms. The van der Waals surface area contributed by atoms with Crippen molar-refractivity contribution >= 4 is 34.8 Å². The van der Waals surface area contributed by atoms with Gasteiger partial charge in [0, 0.05) is 11.1 Å². The molecular formula is C20H15ClFN3O2. The molecule has 0 saturated heterocycles. The topological polar surface area (TPSA) is 70.2 Å². The average molecular weight is 384 g/mol. The van der Waals surface area contributed by atoms with Crippen molar-refractivity contribution < 1.29 is 14.0 Å². The fourth-order valence-electron chi connectivity index (χ4n) is 2.31. The maximum atomic E-state index is 13.6. The number of para-hydroxylation sites is 1. The molecule has 0 atom stereocenters. The highest BCUT2D eigenvalue weighted by Crippen LogP contribution is 2.24. The zero-order chi connectivity index (χ0) is 19.2. The molecule has 0 aromatic heterocycles. The van der Waals surface area contributed by atoms with E-state index in [0.29, 0.717) is 11.3 Å². The molecule has 0 heterocycles. The summed E-state index contributed by atoms with van der Waals surface area (Å²) in [6.45, 7) is 0. The van der Waals surface area contributed by atoms with Crippen LogP contribution in [0.1, 0.15) is 20.7 Å². The van der Waals surface area contributed by atoms with E-state index in [1.165, 1.54) is 30.3 Å². The van der Waals surface area contributed by atoms with Crippen LogP contribution in [0, 0.1) is 5.82 Å². The van der Waals surface area contributed by atoms with Crippen LogP contribution < -0.4 is 16.2 Å². The Labute approximate surface area is 160 Å². The van der Waals surface area contributed by atoms with E-state index in [4.69, 9.17) is 11.6 Å². The van der Waals surface area contributed by atoms with E-state index < -0.39 is 11.7 Å². The van der Waals surface area contributed by atoms with Crippen LogP contribution in [-0.2, 0) is 0 Å². The van der Waals surface area contributed by atoms with Crippen molar-refractivity contribution in [3.05, 3.63) is 94.8 Å². The van der Waals surface area contributed by atoms with E-state index in [2.05, 4.69) is 16.2 Å². The zero-order valence-corrected chi connectivity index (χ0v) is 14.8. The third-order valence-corrected chi connectivity index (χ3v) is 4.03. The van der Waals surface area contributed by atoms with E-state index >= 15 is 0 Å². The smallest absolute Gasteiger partial charge is 0.269 e. The Balaban J connectivity index is 1.71. The molecule has 5 nitrogen and oxygen atoms in total. The molecule has 0 fully saturated rings. The van der Waals surface area contributed by atoms with Crippen molar-refractivity contribution in [3.8, 4) is 0 Å². The molecule has 0 radical (unpaired) electrons. The van der Waals surface area contributed by atoms with Gasteiger partial charge in [0.25, 0.3) is 11.8 Å². The molecule has 136 valence electrons. The fraction of sp³-hybridized carbons (Fsp3) is 0. The first-order chi connectivity index (χ1) is 13.0. The van der Waals surface area contributed by atoms with Gasteiger partial charge in [0.2, 0.25) is 0 Å². The summed E-state index contributed by atoms with van der Waals surface area (Å²) in [6.07, 6.45) is 0. The van der Waals surface area contributed by atoms with E-state index in [9.17, 15) is 14.0 Å². The summed E-state index contributed by atoms with van der Waals surface area (Å²) in [5.74, 6) is -1.35. The molecule has 27 heavy (non-hydrogen) atoms. The van der Waals surface area contributed by atoms with Gasteiger partial charge in [-0.2, -0.15) is 0 Å². The van der Waals surface area contributed by atoms with Gasteiger partial charge in [0.15, 0.2) is 0 Å². The van der Waals surface area contributed by atoms with Gasteiger partial charge in [-0.15, -0.1) is 0 Å². The fourth-order valence-corrected chi connectivity index (χ4v) is 2.47. The Morgan fingerprint density at radius 3 is 2.22 bits per heavy atom. The predicted molar refractivity (Wildman–Crippen MR) is 103 cm³/mol. The molecule has 0 spiro atoms. The first kappa shape index (κ1) is 18.4. The number of hydrogen-bond donors (Lipinski definition) is 3. The lowest BCUT2D eigenvalue weighted by molar-refractivity contribution is 0.0961. The number of anilines is 2. The summed E-state index contributed by atoms with van der Waals surface area (Å²) < 4.78 is 13.6. The second-order valence-electron chi connectivity index (χ2n) is 5.57. The largest absolute Gasteiger partial charge is 0.321 e. The van der Waals surface area contributed by atoms with Gasteiger partial charge >= 0.3 is 0 Å². The van der Waals surface area contributed by atoms with Crippen LogP contribution >= 0.6 is 11.6 Å². The Bertz CT molecular complexity index is 980. The third kappa shape index (κ3) is 4.62. The molecule has 0 unspecified atom stereocenters. The molecule has 0 aliphatic rings. The van der Waals surface area contributed by atoms with Gasteiger partial charge in [0.1, 0.15) is 5.82 Å². The summed E-state index contributed by atoms with van der Waals surface area (Å²) in [4.78, 5) is 24.6. The number of benzene rings is 3. The van der Waals surface area contributed by atoms with Crippen LogP contribution in [0.25, 0.3) is 0 Å².